The smallest absolute Gasteiger partial charge is 0.305 e. The molecule has 1 unspecified atom stereocenters. The number of likely N-dealkylation sites (tertiary alicyclic amines) is 1. The van der Waals surface area contributed by atoms with E-state index in [1.165, 1.54) is 17.2 Å². The van der Waals surface area contributed by atoms with Gasteiger partial charge in [0.2, 0.25) is 0 Å². The molecule has 2 fully saturated rings. The van der Waals surface area contributed by atoms with Crippen molar-refractivity contribution in [2.75, 3.05) is 45.9 Å². The predicted molar refractivity (Wildman–Crippen MR) is 185 cm³/mol. The lowest BCUT2D eigenvalue weighted by atomic mass is 9.89. The fourth-order valence-electron chi connectivity index (χ4n) is 6.57. The highest BCUT2D eigenvalue weighted by molar-refractivity contribution is 7.16. The molecule has 0 aliphatic carbocycles. The van der Waals surface area contributed by atoms with E-state index in [1.54, 1.807) is 17.4 Å². The van der Waals surface area contributed by atoms with Gasteiger partial charge in [0.15, 0.2) is 0 Å². The van der Waals surface area contributed by atoms with Crippen LogP contribution in [0.5, 0.6) is 5.75 Å². The van der Waals surface area contributed by atoms with E-state index in [4.69, 9.17) is 4.74 Å². The normalized spacial score (nSPS) is 17.5. The molecule has 0 bridgehead atoms. The van der Waals surface area contributed by atoms with Crippen molar-refractivity contribution >= 4 is 38.8 Å². The van der Waals surface area contributed by atoms with E-state index >= 15 is 0 Å². The monoisotopic (exact) mass is 678 g/mol. The molecule has 13 heteroatoms. The van der Waals surface area contributed by atoms with Crippen LogP contribution < -0.4 is 10.2 Å². The van der Waals surface area contributed by atoms with E-state index in [1.807, 2.05) is 10.3 Å². The van der Waals surface area contributed by atoms with Crippen LogP contribution in [0.4, 0.5) is 0 Å². The Morgan fingerprint density at radius 3 is 2.79 bits per heavy atom. The molecule has 2 aromatic heterocycles. The van der Waals surface area contributed by atoms with Gasteiger partial charge in [0.25, 0.3) is 5.91 Å². The van der Waals surface area contributed by atoms with Gasteiger partial charge in [-0.2, -0.15) is 4.91 Å². The third-order valence-corrected chi connectivity index (χ3v) is 10.9. The first-order valence-corrected chi connectivity index (χ1v) is 18.0. The lowest BCUT2D eigenvalue weighted by Gasteiger charge is -2.47. The third kappa shape index (κ3) is 7.98. The van der Waals surface area contributed by atoms with E-state index in [9.17, 15) is 19.6 Å². The molecule has 2 aliphatic heterocycles. The van der Waals surface area contributed by atoms with Gasteiger partial charge in [-0.15, -0.1) is 11.3 Å². The number of ether oxygens (including phenoxy) is 1. The second kappa shape index (κ2) is 14.7. The van der Waals surface area contributed by atoms with Crippen molar-refractivity contribution < 1.29 is 14.6 Å². The molecule has 2 aromatic carbocycles. The van der Waals surface area contributed by atoms with E-state index in [0.717, 1.165) is 61.7 Å². The van der Waals surface area contributed by atoms with Crippen molar-refractivity contribution in [3.05, 3.63) is 83.7 Å². The summed E-state index contributed by atoms with van der Waals surface area (Å²) < 4.78 is 6.90. The fraction of sp³-hybridized carbons (Fsp3) is 0.500. The molecule has 4 heterocycles. The highest BCUT2D eigenvalue weighted by Crippen LogP contribution is 2.33. The number of rotatable bonds is 12. The lowest BCUT2D eigenvalue weighted by Crippen LogP contribution is -2.58. The maximum absolute atomic E-state index is 13.3. The largest absolute Gasteiger partial charge is 0.506 e. The Balaban J connectivity index is 0.973. The van der Waals surface area contributed by atoms with Crippen LogP contribution in [0.2, 0.25) is 0 Å². The lowest BCUT2D eigenvalue weighted by molar-refractivity contribution is -0.128. The molecule has 47 heavy (non-hydrogen) atoms. The number of fused-ring (bicyclic) bond motifs is 1. The van der Waals surface area contributed by atoms with Gasteiger partial charge in [0.1, 0.15) is 23.0 Å². The number of aromatic amines is 1. The Hall–Kier alpha value is -3.49. The number of thiazole rings is 2. The van der Waals surface area contributed by atoms with Crippen LogP contribution in [0.1, 0.15) is 64.9 Å². The average molecular weight is 679 g/mol. The minimum absolute atomic E-state index is 0.0160. The molecular weight excluding hydrogens is 637 g/mol. The summed E-state index contributed by atoms with van der Waals surface area (Å²) in [5.41, 5.74) is 3.69. The second-order valence-corrected chi connectivity index (χ2v) is 15.0. The molecule has 3 N–H and O–H groups in total. The first-order chi connectivity index (χ1) is 22.7. The molecular formula is C34H42N6O5S2. The number of aromatic nitrogens is 2. The Labute approximate surface area is 281 Å². The molecule has 6 rings (SSSR count). The average Bonchev–Trinajstić information content (AvgIpc) is 3.69. The zero-order valence-corrected chi connectivity index (χ0v) is 28.5. The van der Waals surface area contributed by atoms with Gasteiger partial charge in [0, 0.05) is 50.1 Å². The number of phenols is 1. The van der Waals surface area contributed by atoms with E-state index < -0.39 is 6.04 Å². The summed E-state index contributed by atoms with van der Waals surface area (Å²) in [5, 5.41) is 19.6. The van der Waals surface area contributed by atoms with Crippen molar-refractivity contribution in [3.63, 3.8) is 0 Å². The number of carbonyl (C=O) groups is 1. The number of piperidine rings is 1. The van der Waals surface area contributed by atoms with Crippen LogP contribution in [0.25, 0.3) is 10.2 Å². The number of nitrogens with zero attached hydrogens (tertiary/aromatic N) is 4. The molecule has 0 saturated carbocycles. The highest BCUT2D eigenvalue weighted by Gasteiger charge is 2.41. The fourth-order valence-corrected chi connectivity index (χ4v) is 8.47. The van der Waals surface area contributed by atoms with E-state index in [0.29, 0.717) is 60.2 Å². The quantitative estimate of drug-likeness (QED) is 0.139. The standard InChI is InChI=1S/C34H42N6O5S2/c1-22(2)16-29-36-27(20-46-29)32(42)40-14-15-45-34(21-40)9-12-39(13-10-34)19-24-5-3-4-23(17-24)8-11-35-18-26(38-44)25-6-7-28(41)30-31(25)47-33(43)37-30/h3-7,17,20,22,26,35,41H,8-16,18-19,21H2,1-2H3,(H,37,43). The zero-order chi connectivity index (χ0) is 33.0. The summed E-state index contributed by atoms with van der Waals surface area (Å²) >= 11 is 2.55. The third-order valence-electron chi connectivity index (χ3n) is 9.06. The van der Waals surface area contributed by atoms with Crippen LogP contribution in [-0.4, -0.2) is 82.3 Å². The predicted octanol–water partition coefficient (Wildman–Crippen LogP) is 5.10. The molecule has 11 nitrogen and oxygen atoms in total. The molecule has 1 spiro atoms. The summed E-state index contributed by atoms with van der Waals surface area (Å²) in [6.45, 7) is 9.76. The number of amides is 1. The first kappa shape index (κ1) is 33.4. The van der Waals surface area contributed by atoms with Gasteiger partial charge in [0.05, 0.1) is 28.5 Å². The number of hydrogen-bond acceptors (Lipinski definition) is 11. The highest BCUT2D eigenvalue weighted by atomic mass is 32.1. The first-order valence-electron chi connectivity index (χ1n) is 16.3. The molecule has 1 amide bonds. The van der Waals surface area contributed by atoms with E-state index in [-0.39, 0.29) is 22.1 Å². The topological polar surface area (TPSA) is 140 Å². The number of phenolic OH excluding ortho intramolecular Hbond substituents is 1. The number of benzene rings is 2. The minimum atomic E-state index is -0.675. The Morgan fingerprint density at radius 1 is 1.19 bits per heavy atom. The van der Waals surface area contributed by atoms with E-state index in [2.05, 4.69) is 63.5 Å². The SMILES string of the molecule is CC(C)Cc1nc(C(=O)N2CCOC3(CCN(Cc4cccc(CCNCC(N=O)c5ccc(O)c6[nH]c(=O)sc56)c4)CC3)C2)cs1. The molecule has 4 aromatic rings. The Bertz CT molecular complexity index is 1760. The second-order valence-electron chi connectivity index (χ2n) is 13.0. The van der Waals surface area contributed by atoms with Crippen molar-refractivity contribution in [1.29, 1.82) is 0 Å². The van der Waals surface area contributed by atoms with Gasteiger partial charge in [-0.3, -0.25) is 14.5 Å². The number of carbonyl (C=O) groups excluding carboxylic acids is 1. The van der Waals surface area contributed by atoms with Crippen molar-refractivity contribution in [1.82, 2.24) is 25.1 Å². The number of morpholine rings is 1. The molecule has 0 radical (unpaired) electrons. The van der Waals surface area contributed by atoms with Crippen LogP contribution in [0, 0.1) is 10.8 Å². The number of nitroso groups, excluding NO2 is 1. The molecule has 1 atom stereocenters. The summed E-state index contributed by atoms with van der Waals surface area (Å²) in [5.74, 6) is 0.506. The number of H-pyrrole nitrogens is 1. The summed E-state index contributed by atoms with van der Waals surface area (Å²) in [6.07, 6.45) is 3.45. The van der Waals surface area contributed by atoms with Crippen LogP contribution in [0.3, 0.4) is 0 Å². The van der Waals surface area contributed by atoms with Crippen molar-refractivity contribution in [2.24, 2.45) is 11.1 Å². The summed E-state index contributed by atoms with van der Waals surface area (Å²) in [4.78, 5) is 48.2. The number of aromatic hydroxyl groups is 1. The number of nitrogens with one attached hydrogen (secondary N) is 2. The maximum atomic E-state index is 13.3. The zero-order valence-electron chi connectivity index (χ0n) is 26.9. The molecule has 2 saturated heterocycles. The van der Waals surface area contributed by atoms with Crippen molar-refractivity contribution in [2.45, 2.75) is 57.7 Å². The Kier molecular flexibility index (Phi) is 10.5. The molecule has 250 valence electrons. The molecule has 2 aliphatic rings. The van der Waals surface area contributed by atoms with Gasteiger partial charge >= 0.3 is 4.87 Å². The van der Waals surface area contributed by atoms with Crippen molar-refractivity contribution in [3.8, 4) is 5.75 Å². The van der Waals surface area contributed by atoms with Crippen LogP contribution in [0.15, 0.2) is 51.7 Å². The van der Waals surface area contributed by atoms with Gasteiger partial charge in [-0.05, 0) is 48.9 Å². The summed E-state index contributed by atoms with van der Waals surface area (Å²) in [7, 11) is 0. The minimum Gasteiger partial charge on any atom is -0.506 e. The summed E-state index contributed by atoms with van der Waals surface area (Å²) in [6, 6.07) is 11.1. The van der Waals surface area contributed by atoms with Crippen LogP contribution in [-0.2, 0) is 24.1 Å². The maximum Gasteiger partial charge on any atom is 0.305 e. The van der Waals surface area contributed by atoms with Gasteiger partial charge in [-0.1, -0.05) is 60.7 Å². The number of hydrogen-bond donors (Lipinski definition) is 3. The van der Waals surface area contributed by atoms with Crippen LogP contribution >= 0.6 is 22.7 Å². The van der Waals surface area contributed by atoms with Gasteiger partial charge in [-0.25, -0.2) is 4.98 Å². The Morgan fingerprint density at radius 2 is 2.00 bits per heavy atom. The van der Waals surface area contributed by atoms with Gasteiger partial charge < -0.3 is 25.0 Å².